The first-order chi connectivity index (χ1) is 12.7. The number of nitrogens with one attached hydrogen (secondary N) is 1. The van der Waals surface area contributed by atoms with E-state index in [1.54, 1.807) is 22.6 Å². The van der Waals surface area contributed by atoms with Crippen molar-refractivity contribution < 1.29 is 13.2 Å². The average molecular weight is 359 g/mol. The molecule has 0 aliphatic heterocycles. The highest BCUT2D eigenvalue weighted by Gasteiger charge is 2.22. The van der Waals surface area contributed by atoms with Crippen molar-refractivity contribution in [2.45, 2.75) is 44.8 Å². The van der Waals surface area contributed by atoms with E-state index in [0.29, 0.717) is 22.9 Å². The predicted octanol–water partition coefficient (Wildman–Crippen LogP) is 5.49. The number of alkyl halides is 1. The zero-order valence-electron chi connectivity index (χ0n) is 14.3. The van der Waals surface area contributed by atoms with Crippen LogP contribution < -0.4 is 5.32 Å². The van der Waals surface area contributed by atoms with Crippen LogP contribution in [0.15, 0.2) is 36.4 Å². The molecule has 0 saturated heterocycles. The monoisotopic (exact) mass is 359 g/mol. The number of fused-ring (bicyclic) bond motifs is 1. The SMILES string of the molecule is FCc1cccc2nc(-c3ccc(F)cc3F)c(NC3CCCCC3)n12. The smallest absolute Gasteiger partial charge is 0.139 e. The van der Waals surface area contributed by atoms with Gasteiger partial charge < -0.3 is 5.32 Å². The van der Waals surface area contributed by atoms with Crippen molar-refractivity contribution in [1.29, 1.82) is 0 Å². The van der Waals surface area contributed by atoms with Gasteiger partial charge in [-0.1, -0.05) is 25.3 Å². The predicted molar refractivity (Wildman–Crippen MR) is 95.9 cm³/mol. The molecule has 0 spiro atoms. The van der Waals surface area contributed by atoms with E-state index in [9.17, 15) is 13.2 Å². The summed E-state index contributed by atoms with van der Waals surface area (Å²) in [5, 5.41) is 3.46. The molecule has 1 N–H and O–H groups in total. The molecular weight excluding hydrogens is 339 g/mol. The topological polar surface area (TPSA) is 29.3 Å². The van der Waals surface area contributed by atoms with E-state index in [2.05, 4.69) is 10.3 Å². The Kier molecular flexibility index (Phi) is 4.57. The third-order valence-electron chi connectivity index (χ3n) is 4.99. The van der Waals surface area contributed by atoms with E-state index in [0.717, 1.165) is 31.7 Å². The summed E-state index contributed by atoms with van der Waals surface area (Å²) >= 11 is 0. The Labute approximate surface area is 149 Å². The highest BCUT2D eigenvalue weighted by Crippen LogP contribution is 2.34. The Balaban J connectivity index is 1.89. The number of anilines is 1. The molecule has 0 amide bonds. The number of pyridine rings is 1. The lowest BCUT2D eigenvalue weighted by atomic mass is 9.95. The molecule has 4 rings (SSSR count). The van der Waals surface area contributed by atoms with E-state index in [1.807, 2.05) is 0 Å². The van der Waals surface area contributed by atoms with Gasteiger partial charge >= 0.3 is 0 Å². The maximum absolute atomic E-state index is 14.4. The van der Waals surface area contributed by atoms with Gasteiger partial charge in [-0.05, 0) is 37.1 Å². The minimum Gasteiger partial charge on any atom is -0.367 e. The lowest BCUT2D eigenvalue weighted by Gasteiger charge is -2.24. The molecule has 1 aliphatic rings. The molecule has 26 heavy (non-hydrogen) atoms. The molecule has 1 fully saturated rings. The van der Waals surface area contributed by atoms with Crippen LogP contribution in [0.25, 0.3) is 16.9 Å². The van der Waals surface area contributed by atoms with E-state index in [1.165, 1.54) is 18.6 Å². The van der Waals surface area contributed by atoms with Crippen LogP contribution in [0.5, 0.6) is 0 Å². The van der Waals surface area contributed by atoms with Gasteiger partial charge in [0.05, 0.1) is 5.69 Å². The molecule has 0 atom stereocenters. The van der Waals surface area contributed by atoms with Crippen molar-refractivity contribution in [2.75, 3.05) is 5.32 Å². The van der Waals surface area contributed by atoms with Crippen LogP contribution in [0.4, 0.5) is 19.0 Å². The Morgan fingerprint density at radius 3 is 2.62 bits per heavy atom. The Morgan fingerprint density at radius 1 is 1.08 bits per heavy atom. The zero-order valence-corrected chi connectivity index (χ0v) is 14.3. The Bertz CT molecular complexity index is 929. The minimum atomic E-state index is -0.679. The largest absolute Gasteiger partial charge is 0.367 e. The molecule has 0 bridgehead atoms. The van der Waals surface area contributed by atoms with Gasteiger partial charge in [0.1, 0.15) is 35.5 Å². The Hall–Kier alpha value is -2.50. The van der Waals surface area contributed by atoms with Crippen LogP contribution in [0.1, 0.15) is 37.8 Å². The van der Waals surface area contributed by atoms with Gasteiger partial charge in [0.2, 0.25) is 0 Å². The number of hydrogen-bond donors (Lipinski definition) is 1. The lowest BCUT2D eigenvalue weighted by molar-refractivity contribution is 0.459. The lowest BCUT2D eigenvalue weighted by Crippen LogP contribution is -2.23. The van der Waals surface area contributed by atoms with Gasteiger partial charge in [0.25, 0.3) is 0 Å². The number of hydrogen-bond acceptors (Lipinski definition) is 2. The summed E-state index contributed by atoms with van der Waals surface area (Å²) in [5.41, 5.74) is 1.58. The minimum absolute atomic E-state index is 0.207. The number of halogens is 3. The molecule has 1 aromatic carbocycles. The molecular formula is C20H20F3N3. The van der Waals surface area contributed by atoms with Crippen LogP contribution in [-0.2, 0) is 6.67 Å². The van der Waals surface area contributed by atoms with Crippen molar-refractivity contribution in [3.8, 4) is 11.3 Å². The highest BCUT2D eigenvalue weighted by atomic mass is 19.1. The maximum Gasteiger partial charge on any atom is 0.139 e. The first-order valence-corrected chi connectivity index (χ1v) is 8.95. The van der Waals surface area contributed by atoms with Gasteiger partial charge in [0.15, 0.2) is 0 Å². The van der Waals surface area contributed by atoms with Crippen molar-refractivity contribution in [2.24, 2.45) is 0 Å². The van der Waals surface area contributed by atoms with Gasteiger partial charge in [-0.3, -0.25) is 4.40 Å². The summed E-state index contributed by atoms with van der Waals surface area (Å²) in [6, 6.07) is 8.85. The highest BCUT2D eigenvalue weighted by molar-refractivity contribution is 5.77. The van der Waals surface area contributed by atoms with Crippen molar-refractivity contribution in [3.63, 3.8) is 0 Å². The van der Waals surface area contributed by atoms with E-state index in [4.69, 9.17) is 0 Å². The second kappa shape index (κ2) is 7.02. The van der Waals surface area contributed by atoms with Gasteiger partial charge in [0, 0.05) is 17.7 Å². The van der Waals surface area contributed by atoms with Gasteiger partial charge in [-0.25, -0.2) is 18.2 Å². The molecule has 1 saturated carbocycles. The quantitative estimate of drug-likeness (QED) is 0.667. The Morgan fingerprint density at radius 2 is 1.88 bits per heavy atom. The van der Waals surface area contributed by atoms with Crippen LogP contribution in [-0.4, -0.2) is 15.4 Å². The summed E-state index contributed by atoms with van der Waals surface area (Å²) in [7, 11) is 0. The number of aromatic nitrogens is 2. The van der Waals surface area contributed by atoms with Crippen LogP contribution in [0.2, 0.25) is 0 Å². The van der Waals surface area contributed by atoms with Crippen LogP contribution in [0, 0.1) is 11.6 Å². The fourth-order valence-electron chi connectivity index (χ4n) is 3.71. The van der Waals surface area contributed by atoms with E-state index >= 15 is 0 Å². The third kappa shape index (κ3) is 3.04. The van der Waals surface area contributed by atoms with Crippen molar-refractivity contribution in [3.05, 3.63) is 53.7 Å². The van der Waals surface area contributed by atoms with Crippen LogP contribution in [0.3, 0.4) is 0 Å². The van der Waals surface area contributed by atoms with Crippen molar-refractivity contribution in [1.82, 2.24) is 9.38 Å². The van der Waals surface area contributed by atoms with Crippen molar-refractivity contribution >= 4 is 11.5 Å². The molecule has 6 heteroatoms. The standard InChI is InChI=1S/C20H20F3N3/c21-12-15-7-4-8-18-25-19(16-10-9-13(22)11-17(16)23)20(26(15)18)24-14-5-2-1-3-6-14/h4,7-11,14,24H,1-3,5-6,12H2. The number of imidazole rings is 1. The van der Waals surface area contributed by atoms with Gasteiger partial charge in [-0.2, -0.15) is 0 Å². The number of nitrogens with zero attached hydrogens (tertiary/aromatic N) is 2. The normalized spacial score (nSPS) is 15.5. The van der Waals surface area contributed by atoms with E-state index in [-0.39, 0.29) is 11.6 Å². The van der Waals surface area contributed by atoms with Crippen LogP contribution >= 0.6 is 0 Å². The number of benzene rings is 1. The molecule has 3 aromatic rings. The molecule has 3 nitrogen and oxygen atoms in total. The first kappa shape index (κ1) is 16.9. The summed E-state index contributed by atoms with van der Waals surface area (Å²) < 4.78 is 43.0. The molecule has 1 aliphatic carbocycles. The third-order valence-corrected chi connectivity index (χ3v) is 4.99. The molecule has 136 valence electrons. The zero-order chi connectivity index (χ0) is 18.1. The summed E-state index contributed by atoms with van der Waals surface area (Å²) in [5.74, 6) is -0.742. The molecule has 2 heterocycles. The van der Waals surface area contributed by atoms with Gasteiger partial charge in [-0.15, -0.1) is 0 Å². The van der Waals surface area contributed by atoms with E-state index < -0.39 is 18.3 Å². The fourth-order valence-corrected chi connectivity index (χ4v) is 3.71. The summed E-state index contributed by atoms with van der Waals surface area (Å²) in [4.78, 5) is 4.52. The second-order valence-electron chi connectivity index (χ2n) is 6.76. The molecule has 2 aromatic heterocycles. The molecule has 0 radical (unpaired) electrons. The fraction of sp³-hybridized carbons (Fsp3) is 0.350. The summed E-state index contributed by atoms with van der Waals surface area (Å²) in [6.45, 7) is -0.654. The summed E-state index contributed by atoms with van der Waals surface area (Å²) in [6.07, 6.45) is 5.49. The molecule has 0 unspecified atom stereocenters. The second-order valence-corrected chi connectivity index (χ2v) is 6.76. The maximum atomic E-state index is 14.4. The average Bonchev–Trinajstić information content (AvgIpc) is 3.01. The number of rotatable bonds is 4. The first-order valence-electron chi connectivity index (χ1n) is 8.95.